The number of aromatic hydroxyl groups is 1. The van der Waals surface area contributed by atoms with Crippen LogP contribution in [-0.4, -0.2) is 13.4 Å². The molecule has 114 valence electrons. The fraction of sp³-hybridized carbons (Fsp3) is 0.647. The molecule has 0 fully saturated rings. The van der Waals surface area contributed by atoms with Gasteiger partial charge >= 0.3 is 0 Å². The highest BCUT2D eigenvalue weighted by Crippen LogP contribution is 2.38. The molecule has 0 aliphatic carbocycles. The first-order chi connectivity index (χ1) is 9.15. The van der Waals surface area contributed by atoms with Gasteiger partial charge in [0.1, 0.15) is 11.5 Å². The van der Waals surface area contributed by atoms with Crippen molar-refractivity contribution in [2.24, 2.45) is 0 Å². The number of rotatable bonds is 6. The third kappa shape index (κ3) is 4.86. The van der Waals surface area contributed by atoms with E-state index in [2.05, 4.69) is 46.9 Å². The summed E-state index contributed by atoms with van der Waals surface area (Å²) in [6.45, 7) is 13.3. The van der Waals surface area contributed by atoms with Crippen LogP contribution in [0.4, 0.5) is 0 Å². The van der Waals surface area contributed by atoms with E-state index in [0.29, 0.717) is 5.75 Å². The van der Waals surface area contributed by atoms with E-state index in [1.807, 2.05) is 6.07 Å². The van der Waals surface area contributed by atoms with Crippen molar-refractivity contribution < 1.29 is 9.53 Å². The van der Waals surface area contributed by atoms with Gasteiger partial charge in [-0.3, -0.25) is 0 Å². The second kappa shape index (κ2) is 6.66. The standard InChI is InChI=1S/C17H30O2Si/c1-7-8-9-10-14-11-15(18)13-16(12-14)19-20(5,6)17(2,3)4/h11-13,18H,7-10H2,1-6H3. The summed E-state index contributed by atoms with van der Waals surface area (Å²) in [6.07, 6.45) is 4.62. The average molecular weight is 295 g/mol. The Balaban J connectivity index is 2.85. The van der Waals surface area contributed by atoms with Gasteiger partial charge in [-0.15, -0.1) is 0 Å². The van der Waals surface area contributed by atoms with Crippen LogP contribution in [0.25, 0.3) is 0 Å². The van der Waals surface area contributed by atoms with Gasteiger partial charge in [0.15, 0.2) is 0 Å². The molecule has 1 aromatic rings. The van der Waals surface area contributed by atoms with E-state index in [1.54, 1.807) is 6.07 Å². The van der Waals surface area contributed by atoms with Crippen LogP contribution in [0.15, 0.2) is 18.2 Å². The molecule has 0 unspecified atom stereocenters. The maximum atomic E-state index is 9.89. The first-order valence-electron chi connectivity index (χ1n) is 7.67. The molecule has 0 atom stereocenters. The number of hydrogen-bond acceptors (Lipinski definition) is 2. The molecule has 1 rings (SSSR count). The van der Waals surface area contributed by atoms with Gasteiger partial charge < -0.3 is 9.53 Å². The van der Waals surface area contributed by atoms with Gasteiger partial charge in [-0.25, -0.2) is 0 Å². The van der Waals surface area contributed by atoms with Crippen LogP contribution >= 0.6 is 0 Å². The van der Waals surface area contributed by atoms with Crippen molar-refractivity contribution in [2.75, 3.05) is 0 Å². The van der Waals surface area contributed by atoms with E-state index in [4.69, 9.17) is 4.43 Å². The molecule has 0 saturated heterocycles. The van der Waals surface area contributed by atoms with Crippen molar-refractivity contribution >= 4 is 8.32 Å². The first-order valence-corrected chi connectivity index (χ1v) is 10.6. The van der Waals surface area contributed by atoms with E-state index in [-0.39, 0.29) is 5.04 Å². The van der Waals surface area contributed by atoms with Crippen molar-refractivity contribution in [2.45, 2.75) is 71.5 Å². The van der Waals surface area contributed by atoms with E-state index in [9.17, 15) is 5.11 Å². The van der Waals surface area contributed by atoms with Crippen molar-refractivity contribution in [3.63, 3.8) is 0 Å². The number of benzene rings is 1. The molecule has 0 amide bonds. The van der Waals surface area contributed by atoms with Crippen LogP contribution in [0, 0.1) is 0 Å². The molecule has 2 nitrogen and oxygen atoms in total. The van der Waals surface area contributed by atoms with Gasteiger partial charge in [0.2, 0.25) is 8.32 Å². The molecule has 20 heavy (non-hydrogen) atoms. The summed E-state index contributed by atoms with van der Waals surface area (Å²) in [7, 11) is -1.84. The number of phenols is 1. The molecule has 0 aromatic heterocycles. The van der Waals surface area contributed by atoms with Gasteiger partial charge in [0.25, 0.3) is 0 Å². The normalized spacial score (nSPS) is 12.5. The van der Waals surface area contributed by atoms with Crippen LogP contribution in [-0.2, 0) is 6.42 Å². The number of unbranched alkanes of at least 4 members (excludes halogenated alkanes) is 2. The number of hydrogen-bond donors (Lipinski definition) is 1. The fourth-order valence-electron chi connectivity index (χ4n) is 1.87. The summed E-state index contributed by atoms with van der Waals surface area (Å²) in [5, 5.41) is 10.1. The lowest BCUT2D eigenvalue weighted by Crippen LogP contribution is -2.43. The SMILES string of the molecule is CCCCCc1cc(O)cc(O[Si](C)(C)C(C)(C)C)c1. The summed E-state index contributed by atoms with van der Waals surface area (Å²) in [6, 6.07) is 5.69. The molecule has 0 heterocycles. The molecule has 1 aromatic carbocycles. The van der Waals surface area contributed by atoms with Crippen LogP contribution in [0.2, 0.25) is 18.1 Å². The lowest BCUT2D eigenvalue weighted by Gasteiger charge is -2.36. The second-order valence-corrected chi connectivity index (χ2v) is 11.9. The minimum absolute atomic E-state index is 0.167. The average Bonchev–Trinajstić information content (AvgIpc) is 2.26. The predicted molar refractivity (Wildman–Crippen MR) is 89.2 cm³/mol. The van der Waals surface area contributed by atoms with Gasteiger partial charge in [0, 0.05) is 6.07 Å². The summed E-state index contributed by atoms with van der Waals surface area (Å²) in [4.78, 5) is 0. The van der Waals surface area contributed by atoms with Crippen molar-refractivity contribution in [1.82, 2.24) is 0 Å². The zero-order valence-corrected chi connectivity index (χ0v) is 14.9. The Hall–Kier alpha value is -0.963. The van der Waals surface area contributed by atoms with Gasteiger partial charge in [-0.1, -0.05) is 40.5 Å². The summed E-state index contributed by atoms with van der Waals surface area (Å²) < 4.78 is 6.27. The minimum Gasteiger partial charge on any atom is -0.543 e. The predicted octanol–water partition coefficient (Wildman–Crippen LogP) is 5.51. The molecule has 0 spiro atoms. The molecule has 0 bridgehead atoms. The summed E-state index contributed by atoms with van der Waals surface area (Å²) in [5.41, 5.74) is 1.17. The van der Waals surface area contributed by atoms with E-state index < -0.39 is 8.32 Å². The van der Waals surface area contributed by atoms with Crippen LogP contribution in [0.1, 0.15) is 52.5 Å². The van der Waals surface area contributed by atoms with Crippen LogP contribution in [0.5, 0.6) is 11.5 Å². The van der Waals surface area contributed by atoms with Gasteiger partial charge in [-0.05, 0) is 48.7 Å². The molecule has 0 aliphatic heterocycles. The molecule has 0 aliphatic rings. The molecule has 3 heteroatoms. The Kier molecular flexibility index (Phi) is 5.69. The molecular formula is C17H30O2Si. The fourth-order valence-corrected chi connectivity index (χ4v) is 2.89. The Morgan fingerprint density at radius 3 is 2.30 bits per heavy atom. The molecule has 0 saturated carbocycles. The summed E-state index contributed by atoms with van der Waals surface area (Å²) >= 11 is 0. The van der Waals surface area contributed by atoms with E-state index >= 15 is 0 Å². The number of aryl methyl sites for hydroxylation is 1. The Morgan fingerprint density at radius 2 is 1.75 bits per heavy atom. The van der Waals surface area contributed by atoms with Gasteiger partial charge in [-0.2, -0.15) is 0 Å². The molecule has 0 radical (unpaired) electrons. The third-order valence-electron chi connectivity index (χ3n) is 4.20. The maximum Gasteiger partial charge on any atom is 0.250 e. The Bertz CT molecular complexity index is 433. The minimum atomic E-state index is -1.84. The largest absolute Gasteiger partial charge is 0.543 e. The smallest absolute Gasteiger partial charge is 0.250 e. The van der Waals surface area contributed by atoms with Crippen molar-refractivity contribution in [3.8, 4) is 11.5 Å². The Labute approximate surface area is 125 Å². The quantitative estimate of drug-likeness (QED) is 0.554. The zero-order valence-electron chi connectivity index (χ0n) is 13.9. The lowest BCUT2D eigenvalue weighted by atomic mass is 10.1. The third-order valence-corrected chi connectivity index (χ3v) is 8.56. The molecular weight excluding hydrogens is 264 g/mol. The first kappa shape index (κ1) is 17.1. The van der Waals surface area contributed by atoms with E-state index in [0.717, 1.165) is 12.2 Å². The highest BCUT2D eigenvalue weighted by molar-refractivity contribution is 6.74. The monoisotopic (exact) mass is 294 g/mol. The highest BCUT2D eigenvalue weighted by atomic mass is 28.4. The second-order valence-electron chi connectivity index (χ2n) is 7.15. The highest BCUT2D eigenvalue weighted by Gasteiger charge is 2.39. The van der Waals surface area contributed by atoms with E-state index in [1.165, 1.54) is 24.8 Å². The number of phenolic OH excluding ortho intramolecular Hbond substituents is 1. The zero-order chi connectivity index (χ0) is 15.4. The van der Waals surface area contributed by atoms with Crippen LogP contribution in [0.3, 0.4) is 0 Å². The maximum absolute atomic E-state index is 9.89. The topological polar surface area (TPSA) is 29.5 Å². The van der Waals surface area contributed by atoms with Crippen molar-refractivity contribution in [3.05, 3.63) is 23.8 Å². The van der Waals surface area contributed by atoms with Crippen LogP contribution < -0.4 is 4.43 Å². The van der Waals surface area contributed by atoms with Gasteiger partial charge in [0.05, 0.1) is 0 Å². The Morgan fingerprint density at radius 1 is 1.10 bits per heavy atom. The molecule has 1 N–H and O–H groups in total. The summed E-state index contributed by atoms with van der Waals surface area (Å²) in [5.74, 6) is 1.13. The lowest BCUT2D eigenvalue weighted by molar-refractivity contribution is 0.459. The van der Waals surface area contributed by atoms with Crippen molar-refractivity contribution in [1.29, 1.82) is 0 Å².